The predicted molar refractivity (Wildman–Crippen MR) is 170 cm³/mol. The van der Waals surface area contributed by atoms with Crippen LogP contribution in [0.25, 0.3) is 5.57 Å². The van der Waals surface area contributed by atoms with Gasteiger partial charge in [-0.1, -0.05) is 54.6 Å². The lowest BCUT2D eigenvalue weighted by atomic mass is 9.88. The van der Waals surface area contributed by atoms with Crippen LogP contribution in [0.2, 0.25) is 0 Å². The maximum absolute atomic E-state index is 12.4. The molecule has 0 saturated heterocycles. The van der Waals surface area contributed by atoms with Crippen molar-refractivity contribution in [1.29, 1.82) is 0 Å². The molecular weight excluding hydrogens is 581 g/mol. The highest BCUT2D eigenvalue weighted by molar-refractivity contribution is 7.89. The number of benzene rings is 4. The summed E-state index contributed by atoms with van der Waals surface area (Å²) in [5, 5.41) is -0.174. The molecule has 0 amide bonds. The molecule has 1 aliphatic carbocycles. The summed E-state index contributed by atoms with van der Waals surface area (Å²) in [5.74, 6) is 0. The zero-order valence-electron chi connectivity index (χ0n) is 23.7. The van der Waals surface area contributed by atoms with E-state index in [1.807, 2.05) is 60.7 Å². The Kier molecular flexibility index (Phi) is 8.57. The summed E-state index contributed by atoms with van der Waals surface area (Å²) >= 11 is 0. The number of hydrogen-bond donors (Lipinski definition) is 2. The first-order valence-corrected chi connectivity index (χ1v) is 16.5. The Balaban J connectivity index is 1.52. The molecule has 0 aliphatic heterocycles. The Bertz CT molecular complexity index is 1970. The van der Waals surface area contributed by atoms with Gasteiger partial charge in [0.2, 0.25) is 0 Å². The molecule has 0 unspecified atom stereocenters. The second-order valence-corrected chi connectivity index (χ2v) is 13.4. The lowest BCUT2D eigenvalue weighted by Crippen LogP contribution is -2.14. The van der Waals surface area contributed by atoms with Crippen molar-refractivity contribution < 1.29 is 25.9 Å². The minimum atomic E-state index is -4.50. The van der Waals surface area contributed by atoms with Gasteiger partial charge >= 0.3 is 10.1 Å². The lowest BCUT2D eigenvalue weighted by molar-refractivity contribution is 0.482. The van der Waals surface area contributed by atoms with E-state index in [9.17, 15) is 25.9 Å². The highest BCUT2D eigenvalue weighted by Gasteiger charge is 2.35. The third-order valence-electron chi connectivity index (χ3n) is 7.58. The Hall–Kier alpha value is -4.21. The maximum Gasteiger partial charge on any atom is 0.331 e. The van der Waals surface area contributed by atoms with Gasteiger partial charge in [0, 0.05) is 35.4 Å². The summed E-state index contributed by atoms with van der Waals surface area (Å²) in [5.41, 5.74) is 8.79. The van der Waals surface area contributed by atoms with Crippen molar-refractivity contribution in [2.24, 2.45) is 0 Å². The Morgan fingerprint density at radius 2 is 1.23 bits per heavy atom. The van der Waals surface area contributed by atoms with Gasteiger partial charge in [0.05, 0.1) is 10.5 Å². The van der Waals surface area contributed by atoms with Gasteiger partial charge in [-0.05, 0) is 96.5 Å². The topological polar surface area (TPSA) is 109 Å². The van der Waals surface area contributed by atoms with Gasteiger partial charge in [0.15, 0.2) is 5.25 Å². The highest BCUT2D eigenvalue weighted by atomic mass is 32.2. The second-order valence-electron chi connectivity index (χ2n) is 10.6. The minimum absolute atomic E-state index is 0.147. The van der Waals surface area contributed by atoms with Crippen LogP contribution in [-0.2, 0) is 33.1 Å². The molecular formula is C35H31O6S2+. The fraction of sp³-hybridized carbons (Fsp3) is 0.114. The third-order valence-corrected chi connectivity index (χ3v) is 9.34. The number of hydrogen-bond acceptors (Lipinski definition) is 4. The van der Waals surface area contributed by atoms with Crippen molar-refractivity contribution in [1.82, 2.24) is 0 Å². The third kappa shape index (κ3) is 7.06. The monoisotopic (exact) mass is 611 g/mol. The normalized spacial score (nSPS) is 14.7. The van der Waals surface area contributed by atoms with E-state index < -0.39 is 20.2 Å². The van der Waals surface area contributed by atoms with Crippen LogP contribution in [0.4, 0.5) is 0 Å². The summed E-state index contributed by atoms with van der Waals surface area (Å²) in [4.78, 5) is -0.147. The van der Waals surface area contributed by atoms with Gasteiger partial charge in [-0.3, -0.25) is 9.11 Å². The fourth-order valence-corrected chi connectivity index (χ4v) is 6.49. The Morgan fingerprint density at radius 3 is 1.74 bits per heavy atom. The van der Waals surface area contributed by atoms with E-state index in [1.165, 1.54) is 29.3 Å². The van der Waals surface area contributed by atoms with Gasteiger partial charge in [0.1, 0.15) is 5.57 Å². The molecule has 0 spiro atoms. The highest BCUT2D eigenvalue weighted by Crippen LogP contribution is 2.37. The van der Waals surface area contributed by atoms with Gasteiger partial charge in [0.25, 0.3) is 10.1 Å². The van der Waals surface area contributed by atoms with Crippen molar-refractivity contribution >= 4 is 25.8 Å². The smallest absolute Gasteiger partial charge is 0.282 e. The first kappa shape index (κ1) is 30.3. The van der Waals surface area contributed by atoms with E-state index >= 15 is 0 Å². The van der Waals surface area contributed by atoms with Crippen LogP contribution in [0, 0.1) is 19.1 Å². The van der Waals surface area contributed by atoms with Gasteiger partial charge in [-0.25, -0.2) is 0 Å². The SMILES string of the molecule is Cc1ccccc1Cc1ccc(C(=C2C=CC=C[C+]2S(=O)(=O)O)c2ccc(Cc3ccc(S(=O)(=O)O)cc3C)cc2)cc1. The van der Waals surface area contributed by atoms with E-state index in [0.717, 1.165) is 39.8 Å². The molecule has 4 aromatic carbocycles. The molecule has 2 N–H and O–H groups in total. The lowest BCUT2D eigenvalue weighted by Gasteiger charge is -2.15. The zero-order valence-corrected chi connectivity index (χ0v) is 25.4. The Labute approximate surface area is 253 Å². The van der Waals surface area contributed by atoms with E-state index in [4.69, 9.17) is 0 Å². The maximum atomic E-state index is 12.4. The van der Waals surface area contributed by atoms with E-state index in [-0.39, 0.29) is 10.1 Å². The van der Waals surface area contributed by atoms with Crippen molar-refractivity contribution in [3.63, 3.8) is 0 Å². The molecule has 5 rings (SSSR count). The molecule has 4 aromatic rings. The molecule has 8 heteroatoms. The summed E-state index contributed by atoms with van der Waals surface area (Å²) in [7, 11) is -8.78. The van der Waals surface area contributed by atoms with Crippen LogP contribution in [0.5, 0.6) is 0 Å². The number of aryl methyl sites for hydroxylation is 2. The van der Waals surface area contributed by atoms with Crippen molar-refractivity contribution in [2.45, 2.75) is 31.6 Å². The van der Waals surface area contributed by atoms with E-state index in [0.29, 0.717) is 17.6 Å². The average Bonchev–Trinajstić information content (AvgIpc) is 2.96. The van der Waals surface area contributed by atoms with Crippen LogP contribution in [0.1, 0.15) is 44.5 Å². The summed E-state index contributed by atoms with van der Waals surface area (Å²) in [6.07, 6.45) is 7.70. The van der Waals surface area contributed by atoms with E-state index in [1.54, 1.807) is 31.2 Å². The number of rotatable bonds is 8. The summed E-state index contributed by atoms with van der Waals surface area (Å²) in [6.45, 7) is 3.88. The summed E-state index contributed by atoms with van der Waals surface area (Å²) < 4.78 is 67.1. The van der Waals surface area contributed by atoms with Crippen LogP contribution < -0.4 is 0 Å². The Morgan fingerprint density at radius 1 is 0.674 bits per heavy atom. The molecule has 0 atom stereocenters. The fourth-order valence-electron chi connectivity index (χ4n) is 5.23. The zero-order chi connectivity index (χ0) is 30.8. The quantitative estimate of drug-likeness (QED) is 0.163. The molecule has 0 radical (unpaired) electrons. The first-order valence-electron chi connectivity index (χ1n) is 13.6. The van der Waals surface area contributed by atoms with Crippen LogP contribution in [0.15, 0.2) is 126 Å². The molecule has 0 fully saturated rings. The molecule has 0 aromatic heterocycles. The van der Waals surface area contributed by atoms with Gasteiger partial charge in [-0.15, -0.1) is 0 Å². The standard InChI is InChI=1S/C35H30O6S2/c1-24-7-3-4-8-30(24)22-26-11-15-28(16-12-26)35(33-9-5-6-10-34(33)43(39,40)41)29-17-13-27(14-18-29)23-31-19-20-32(21-25(31)2)42(36,37)38/h3-21H,22-23H2,1-2H3,(H-,36,37,38,39,40,41)/p+1. The van der Waals surface area contributed by atoms with Gasteiger partial charge in [-0.2, -0.15) is 16.8 Å². The average molecular weight is 612 g/mol. The van der Waals surface area contributed by atoms with Crippen molar-refractivity contribution in [3.8, 4) is 0 Å². The van der Waals surface area contributed by atoms with Crippen molar-refractivity contribution in [3.05, 3.63) is 171 Å². The van der Waals surface area contributed by atoms with Crippen molar-refractivity contribution in [2.75, 3.05) is 0 Å². The van der Waals surface area contributed by atoms with Crippen LogP contribution in [-0.4, -0.2) is 25.9 Å². The minimum Gasteiger partial charge on any atom is -0.282 e. The predicted octanol–water partition coefficient (Wildman–Crippen LogP) is 7.08. The number of allylic oxidation sites excluding steroid dienone is 3. The molecule has 0 heterocycles. The molecule has 6 nitrogen and oxygen atoms in total. The molecule has 1 aliphatic rings. The molecule has 218 valence electrons. The van der Waals surface area contributed by atoms with Gasteiger partial charge < -0.3 is 0 Å². The molecule has 0 bridgehead atoms. The second kappa shape index (κ2) is 12.2. The first-order chi connectivity index (χ1) is 20.4. The molecule has 43 heavy (non-hydrogen) atoms. The summed E-state index contributed by atoms with van der Waals surface area (Å²) in [6, 6.07) is 28.4. The van der Waals surface area contributed by atoms with Crippen LogP contribution >= 0.6 is 0 Å². The largest absolute Gasteiger partial charge is 0.331 e. The van der Waals surface area contributed by atoms with Crippen LogP contribution in [0.3, 0.4) is 0 Å². The molecule has 0 saturated carbocycles. The van der Waals surface area contributed by atoms with E-state index in [2.05, 4.69) is 19.1 Å².